The van der Waals surface area contributed by atoms with Crippen LogP contribution >= 0.6 is 23.4 Å². The van der Waals surface area contributed by atoms with Crippen molar-refractivity contribution in [2.75, 3.05) is 11.1 Å². The molecule has 0 bridgehead atoms. The fourth-order valence-corrected chi connectivity index (χ4v) is 2.86. The van der Waals surface area contributed by atoms with E-state index in [1.165, 1.54) is 11.1 Å². The van der Waals surface area contributed by atoms with E-state index in [0.29, 0.717) is 16.5 Å². The zero-order valence-corrected chi connectivity index (χ0v) is 12.8. The molecule has 0 aliphatic heterocycles. The van der Waals surface area contributed by atoms with Gasteiger partial charge in [0.05, 0.1) is 16.5 Å². The molecule has 2 nitrogen and oxygen atoms in total. The molecule has 0 aliphatic rings. The van der Waals surface area contributed by atoms with E-state index < -0.39 is 0 Å². The second-order valence-electron chi connectivity index (χ2n) is 4.45. The van der Waals surface area contributed by atoms with E-state index >= 15 is 0 Å². The maximum atomic E-state index is 11.8. The first-order valence-electron chi connectivity index (χ1n) is 6.33. The average Bonchev–Trinajstić information content (AvgIpc) is 2.43. The number of carbonyl (C=O) groups is 1. The molecular formula is C16H16ClNOS. The first kappa shape index (κ1) is 14.9. The van der Waals surface area contributed by atoms with Crippen molar-refractivity contribution in [3.63, 3.8) is 0 Å². The largest absolute Gasteiger partial charge is 0.324 e. The Morgan fingerprint density at radius 2 is 1.85 bits per heavy atom. The number of anilines is 1. The molecule has 0 radical (unpaired) electrons. The molecule has 1 amide bonds. The maximum Gasteiger partial charge on any atom is 0.234 e. The van der Waals surface area contributed by atoms with Crippen LogP contribution < -0.4 is 5.32 Å². The summed E-state index contributed by atoms with van der Waals surface area (Å²) in [5.41, 5.74) is 3.19. The molecule has 0 saturated heterocycles. The normalized spacial score (nSPS) is 10.3. The van der Waals surface area contributed by atoms with E-state index in [-0.39, 0.29) is 5.91 Å². The quantitative estimate of drug-likeness (QED) is 0.880. The standard InChI is InChI=1S/C16H16ClNOS/c1-12-6-2-3-7-13(12)10-20-11-16(19)18-15-9-5-4-8-14(15)17/h2-9H,10-11H2,1H3,(H,18,19). The van der Waals surface area contributed by atoms with Crippen LogP contribution in [0.4, 0.5) is 5.69 Å². The van der Waals surface area contributed by atoms with Crippen LogP contribution in [0.1, 0.15) is 11.1 Å². The summed E-state index contributed by atoms with van der Waals surface area (Å²) in [6, 6.07) is 15.5. The van der Waals surface area contributed by atoms with E-state index in [0.717, 1.165) is 5.75 Å². The van der Waals surface area contributed by atoms with Crippen LogP contribution in [0.2, 0.25) is 5.02 Å². The summed E-state index contributed by atoms with van der Waals surface area (Å²) in [5, 5.41) is 3.38. The topological polar surface area (TPSA) is 29.1 Å². The van der Waals surface area contributed by atoms with Gasteiger partial charge in [-0.25, -0.2) is 0 Å². The van der Waals surface area contributed by atoms with Gasteiger partial charge in [-0.3, -0.25) is 4.79 Å². The number of aryl methyl sites for hydroxylation is 1. The predicted octanol–water partition coefficient (Wildman–Crippen LogP) is 4.52. The number of carbonyl (C=O) groups excluding carboxylic acids is 1. The van der Waals surface area contributed by atoms with Crippen molar-refractivity contribution in [2.24, 2.45) is 0 Å². The second-order valence-corrected chi connectivity index (χ2v) is 5.84. The number of halogens is 1. The molecule has 4 heteroatoms. The summed E-state index contributed by atoms with van der Waals surface area (Å²) >= 11 is 7.60. The Hall–Kier alpha value is -1.45. The Labute approximate surface area is 128 Å². The summed E-state index contributed by atoms with van der Waals surface area (Å²) in [5.74, 6) is 1.22. The van der Waals surface area contributed by atoms with Crippen molar-refractivity contribution < 1.29 is 4.79 Å². The van der Waals surface area contributed by atoms with Gasteiger partial charge in [-0.15, -0.1) is 11.8 Å². The third-order valence-electron chi connectivity index (χ3n) is 2.90. The van der Waals surface area contributed by atoms with Gasteiger partial charge in [0, 0.05) is 5.75 Å². The Morgan fingerprint density at radius 3 is 2.60 bits per heavy atom. The molecule has 0 saturated carbocycles. The van der Waals surface area contributed by atoms with Gasteiger partial charge in [0.25, 0.3) is 0 Å². The van der Waals surface area contributed by atoms with E-state index in [2.05, 4.69) is 24.4 Å². The van der Waals surface area contributed by atoms with Crippen LogP contribution in [0.5, 0.6) is 0 Å². The minimum atomic E-state index is -0.0308. The molecule has 2 aromatic rings. The van der Waals surface area contributed by atoms with Gasteiger partial charge in [-0.1, -0.05) is 48.0 Å². The van der Waals surface area contributed by atoms with Gasteiger partial charge in [0.2, 0.25) is 5.91 Å². The van der Waals surface area contributed by atoms with Crippen molar-refractivity contribution in [1.82, 2.24) is 0 Å². The van der Waals surface area contributed by atoms with Crippen LogP contribution in [0, 0.1) is 6.92 Å². The van der Waals surface area contributed by atoms with Gasteiger partial charge >= 0.3 is 0 Å². The molecule has 2 rings (SSSR count). The number of benzene rings is 2. The van der Waals surface area contributed by atoms with Gasteiger partial charge in [-0.05, 0) is 30.2 Å². The van der Waals surface area contributed by atoms with Crippen LogP contribution in [0.3, 0.4) is 0 Å². The van der Waals surface area contributed by atoms with Gasteiger partial charge in [0.1, 0.15) is 0 Å². The van der Waals surface area contributed by atoms with E-state index in [4.69, 9.17) is 11.6 Å². The molecule has 2 aromatic carbocycles. The fourth-order valence-electron chi connectivity index (χ4n) is 1.77. The highest BCUT2D eigenvalue weighted by atomic mass is 35.5. The van der Waals surface area contributed by atoms with Gasteiger partial charge < -0.3 is 5.32 Å². The van der Waals surface area contributed by atoms with Crippen molar-refractivity contribution in [1.29, 1.82) is 0 Å². The SMILES string of the molecule is Cc1ccccc1CSCC(=O)Nc1ccccc1Cl. The zero-order valence-electron chi connectivity index (χ0n) is 11.2. The van der Waals surface area contributed by atoms with E-state index in [9.17, 15) is 4.79 Å². The summed E-state index contributed by atoms with van der Waals surface area (Å²) < 4.78 is 0. The summed E-state index contributed by atoms with van der Waals surface area (Å²) in [4.78, 5) is 11.8. The highest BCUT2D eigenvalue weighted by Crippen LogP contribution is 2.21. The first-order chi connectivity index (χ1) is 9.66. The highest BCUT2D eigenvalue weighted by Gasteiger charge is 2.06. The van der Waals surface area contributed by atoms with Crippen molar-refractivity contribution in [3.05, 3.63) is 64.7 Å². The lowest BCUT2D eigenvalue weighted by Gasteiger charge is -2.07. The number of nitrogens with one attached hydrogen (secondary N) is 1. The predicted molar refractivity (Wildman–Crippen MR) is 87.4 cm³/mol. The van der Waals surface area contributed by atoms with E-state index in [1.54, 1.807) is 23.9 Å². The van der Waals surface area contributed by atoms with Crippen molar-refractivity contribution in [3.8, 4) is 0 Å². The molecule has 0 unspecified atom stereocenters. The minimum Gasteiger partial charge on any atom is -0.324 e. The molecular weight excluding hydrogens is 290 g/mol. The van der Waals surface area contributed by atoms with Crippen LogP contribution in [-0.4, -0.2) is 11.7 Å². The Balaban J connectivity index is 1.82. The Kier molecular flexibility index (Phi) is 5.50. The fraction of sp³-hybridized carbons (Fsp3) is 0.188. The number of para-hydroxylation sites is 1. The lowest BCUT2D eigenvalue weighted by Crippen LogP contribution is -2.14. The van der Waals surface area contributed by atoms with Crippen molar-refractivity contribution >= 4 is 35.0 Å². The van der Waals surface area contributed by atoms with Gasteiger partial charge in [0.15, 0.2) is 0 Å². The molecule has 0 fully saturated rings. The summed E-state index contributed by atoms with van der Waals surface area (Å²) in [6.45, 7) is 2.08. The zero-order chi connectivity index (χ0) is 14.4. The maximum absolute atomic E-state index is 11.8. The lowest BCUT2D eigenvalue weighted by molar-refractivity contribution is -0.113. The monoisotopic (exact) mass is 305 g/mol. The third-order valence-corrected chi connectivity index (χ3v) is 4.21. The Bertz CT molecular complexity index is 601. The summed E-state index contributed by atoms with van der Waals surface area (Å²) in [6.07, 6.45) is 0. The second kappa shape index (κ2) is 7.36. The number of thioether (sulfide) groups is 1. The van der Waals surface area contributed by atoms with Crippen LogP contribution in [0.15, 0.2) is 48.5 Å². The molecule has 0 aliphatic carbocycles. The first-order valence-corrected chi connectivity index (χ1v) is 7.86. The highest BCUT2D eigenvalue weighted by molar-refractivity contribution is 7.99. The molecule has 0 atom stereocenters. The Morgan fingerprint density at radius 1 is 1.15 bits per heavy atom. The smallest absolute Gasteiger partial charge is 0.234 e. The van der Waals surface area contributed by atoms with Crippen molar-refractivity contribution in [2.45, 2.75) is 12.7 Å². The lowest BCUT2D eigenvalue weighted by atomic mass is 10.1. The molecule has 0 spiro atoms. The molecule has 104 valence electrons. The number of rotatable bonds is 5. The molecule has 0 heterocycles. The average molecular weight is 306 g/mol. The van der Waals surface area contributed by atoms with E-state index in [1.807, 2.05) is 24.3 Å². The number of amides is 1. The number of hydrogen-bond acceptors (Lipinski definition) is 2. The minimum absolute atomic E-state index is 0.0308. The number of hydrogen-bond donors (Lipinski definition) is 1. The molecule has 20 heavy (non-hydrogen) atoms. The summed E-state index contributed by atoms with van der Waals surface area (Å²) in [7, 11) is 0. The molecule has 1 N–H and O–H groups in total. The third kappa shape index (κ3) is 4.29. The van der Waals surface area contributed by atoms with Gasteiger partial charge in [-0.2, -0.15) is 0 Å². The van der Waals surface area contributed by atoms with Crippen LogP contribution in [-0.2, 0) is 10.5 Å². The molecule has 0 aromatic heterocycles. The van der Waals surface area contributed by atoms with Crippen LogP contribution in [0.25, 0.3) is 0 Å².